The summed E-state index contributed by atoms with van der Waals surface area (Å²) in [6.45, 7) is 2.98. The first-order chi connectivity index (χ1) is 12.4. The lowest BCUT2D eigenvalue weighted by molar-refractivity contribution is -0.118. The van der Waals surface area contributed by atoms with Gasteiger partial charge in [0.1, 0.15) is 5.75 Å². The van der Waals surface area contributed by atoms with E-state index in [0.29, 0.717) is 10.7 Å². The van der Waals surface area contributed by atoms with E-state index in [1.165, 1.54) is 19.1 Å². The predicted molar refractivity (Wildman–Crippen MR) is 98.0 cm³/mol. The van der Waals surface area contributed by atoms with Crippen LogP contribution in [0.25, 0.3) is 0 Å². The van der Waals surface area contributed by atoms with Gasteiger partial charge < -0.3 is 14.8 Å². The minimum absolute atomic E-state index is 0.226. The Labute approximate surface area is 156 Å². The Balaban J connectivity index is 2.07. The molecule has 0 atom stereocenters. The van der Waals surface area contributed by atoms with Crippen LogP contribution in [0.5, 0.6) is 5.75 Å². The van der Waals surface area contributed by atoms with Gasteiger partial charge in [-0.15, -0.1) is 0 Å². The fraction of sp³-hybridized carbons (Fsp3) is 0.211. The number of Topliss-reactive ketones (excluding diaryl/α,β-unsaturated/α-hetero) is 1. The Morgan fingerprint density at radius 2 is 1.81 bits per heavy atom. The molecule has 0 unspecified atom stereocenters. The molecule has 6 nitrogen and oxygen atoms in total. The summed E-state index contributed by atoms with van der Waals surface area (Å²) in [6.07, 6.45) is 0. The zero-order valence-electron chi connectivity index (χ0n) is 14.4. The molecule has 2 rings (SSSR count). The molecule has 1 N–H and O–H groups in total. The lowest BCUT2D eigenvalue weighted by Crippen LogP contribution is -2.22. The number of hydrogen-bond acceptors (Lipinski definition) is 5. The summed E-state index contributed by atoms with van der Waals surface area (Å²) in [5.41, 5.74) is 0.860. The molecule has 0 fully saturated rings. The van der Waals surface area contributed by atoms with E-state index in [9.17, 15) is 14.4 Å². The third-order valence-corrected chi connectivity index (χ3v) is 3.61. The Kier molecular flexibility index (Phi) is 6.74. The zero-order valence-corrected chi connectivity index (χ0v) is 15.1. The molecule has 2 aromatic rings. The lowest BCUT2D eigenvalue weighted by Gasteiger charge is -2.12. The molecule has 0 saturated heterocycles. The van der Waals surface area contributed by atoms with Gasteiger partial charge >= 0.3 is 5.97 Å². The van der Waals surface area contributed by atoms with Gasteiger partial charge in [0.25, 0.3) is 5.91 Å². The van der Waals surface area contributed by atoms with Crippen molar-refractivity contribution < 1.29 is 23.9 Å². The number of carbonyl (C=O) groups excluding carboxylic acids is 3. The highest BCUT2D eigenvalue weighted by atomic mass is 35.5. The van der Waals surface area contributed by atoms with Crippen LogP contribution in [0, 0.1) is 0 Å². The molecule has 0 aliphatic rings. The molecule has 0 spiro atoms. The van der Waals surface area contributed by atoms with Crippen LogP contribution in [0.4, 0.5) is 5.69 Å². The molecular formula is C19H18ClNO5. The summed E-state index contributed by atoms with van der Waals surface area (Å²) in [5.74, 6) is -0.974. The molecule has 136 valence electrons. The maximum atomic E-state index is 12.2. The van der Waals surface area contributed by atoms with Crippen molar-refractivity contribution in [1.29, 1.82) is 0 Å². The van der Waals surface area contributed by atoms with Gasteiger partial charge in [0.15, 0.2) is 12.4 Å². The van der Waals surface area contributed by atoms with Crippen molar-refractivity contribution >= 4 is 34.9 Å². The number of anilines is 1. The van der Waals surface area contributed by atoms with Crippen LogP contribution in [0.2, 0.25) is 5.02 Å². The van der Waals surface area contributed by atoms with E-state index in [0.717, 1.165) is 0 Å². The van der Waals surface area contributed by atoms with Crippen LogP contribution in [0.3, 0.4) is 0 Å². The second-order valence-corrected chi connectivity index (χ2v) is 5.74. The maximum Gasteiger partial charge on any atom is 0.340 e. The third kappa shape index (κ3) is 5.07. The van der Waals surface area contributed by atoms with Crippen molar-refractivity contribution in [2.75, 3.05) is 18.5 Å². The van der Waals surface area contributed by atoms with E-state index >= 15 is 0 Å². The number of rotatable bonds is 7. The van der Waals surface area contributed by atoms with Crippen molar-refractivity contribution in [2.24, 2.45) is 0 Å². The maximum absolute atomic E-state index is 12.2. The van der Waals surface area contributed by atoms with E-state index in [1.807, 2.05) is 0 Å². The van der Waals surface area contributed by atoms with Gasteiger partial charge in [-0.1, -0.05) is 23.7 Å². The highest BCUT2D eigenvalue weighted by Crippen LogP contribution is 2.23. The lowest BCUT2D eigenvalue weighted by atomic mass is 10.1. The van der Waals surface area contributed by atoms with Gasteiger partial charge in [0.2, 0.25) is 0 Å². The van der Waals surface area contributed by atoms with Gasteiger partial charge in [-0.3, -0.25) is 9.59 Å². The first-order valence-corrected chi connectivity index (χ1v) is 8.29. The topological polar surface area (TPSA) is 81.7 Å². The van der Waals surface area contributed by atoms with E-state index < -0.39 is 11.9 Å². The summed E-state index contributed by atoms with van der Waals surface area (Å²) in [7, 11) is 0. The Bertz CT molecular complexity index is 834. The second kappa shape index (κ2) is 9.01. The minimum Gasteiger partial charge on any atom is -0.483 e. The van der Waals surface area contributed by atoms with Crippen LogP contribution in [-0.4, -0.2) is 30.9 Å². The molecular weight excluding hydrogens is 358 g/mol. The normalized spacial score (nSPS) is 10.1. The van der Waals surface area contributed by atoms with E-state index in [4.69, 9.17) is 21.1 Å². The number of ketones is 1. The average Bonchev–Trinajstić information content (AvgIpc) is 2.61. The van der Waals surface area contributed by atoms with Crippen LogP contribution in [0.15, 0.2) is 42.5 Å². The summed E-state index contributed by atoms with van der Waals surface area (Å²) in [5, 5.41) is 3.00. The molecule has 0 radical (unpaired) electrons. The van der Waals surface area contributed by atoms with Gasteiger partial charge in [0, 0.05) is 5.02 Å². The van der Waals surface area contributed by atoms with Crippen molar-refractivity contribution in [1.82, 2.24) is 0 Å². The molecule has 7 heteroatoms. The molecule has 0 saturated carbocycles. The second-order valence-electron chi connectivity index (χ2n) is 5.30. The quantitative estimate of drug-likeness (QED) is 0.589. The molecule has 0 aliphatic carbocycles. The number of para-hydroxylation sites is 1. The number of halogens is 1. The van der Waals surface area contributed by atoms with Crippen molar-refractivity contribution in [3.05, 3.63) is 58.6 Å². The number of carbonyl (C=O) groups is 3. The molecule has 0 heterocycles. The van der Waals surface area contributed by atoms with Gasteiger partial charge in [-0.25, -0.2) is 4.79 Å². The van der Waals surface area contributed by atoms with Crippen LogP contribution in [0.1, 0.15) is 34.6 Å². The standard InChI is InChI=1S/C19H18ClNO5/c1-3-25-19(24)14-6-4-5-7-16(14)21-18(23)11-26-17-9-8-13(20)10-15(17)12(2)22/h4-10H,3,11H2,1-2H3,(H,21,23). The number of amides is 1. The predicted octanol–water partition coefficient (Wildman–Crippen LogP) is 3.74. The summed E-state index contributed by atoms with van der Waals surface area (Å²) in [4.78, 5) is 35.7. The third-order valence-electron chi connectivity index (χ3n) is 3.38. The van der Waals surface area contributed by atoms with Crippen molar-refractivity contribution in [2.45, 2.75) is 13.8 Å². The highest BCUT2D eigenvalue weighted by molar-refractivity contribution is 6.31. The SMILES string of the molecule is CCOC(=O)c1ccccc1NC(=O)COc1ccc(Cl)cc1C(C)=O. The summed E-state index contributed by atoms with van der Waals surface area (Å²) in [6, 6.07) is 11.1. The molecule has 2 aromatic carbocycles. The number of ether oxygens (including phenoxy) is 2. The minimum atomic E-state index is -0.527. The zero-order chi connectivity index (χ0) is 19.1. The monoisotopic (exact) mass is 375 g/mol. The molecule has 0 aromatic heterocycles. The number of nitrogens with one attached hydrogen (secondary N) is 1. The number of esters is 1. The smallest absolute Gasteiger partial charge is 0.340 e. The largest absolute Gasteiger partial charge is 0.483 e. The van der Waals surface area contributed by atoms with Gasteiger partial charge in [-0.2, -0.15) is 0 Å². The Hall–Kier alpha value is -2.86. The van der Waals surface area contributed by atoms with Crippen LogP contribution >= 0.6 is 11.6 Å². The summed E-state index contributed by atoms with van der Waals surface area (Å²) < 4.78 is 10.4. The average molecular weight is 376 g/mol. The fourth-order valence-corrected chi connectivity index (χ4v) is 2.38. The Morgan fingerprint density at radius 3 is 2.50 bits per heavy atom. The Morgan fingerprint density at radius 1 is 1.08 bits per heavy atom. The van der Waals surface area contributed by atoms with Crippen molar-refractivity contribution in [3.63, 3.8) is 0 Å². The fourth-order valence-electron chi connectivity index (χ4n) is 2.21. The first kappa shape index (κ1) is 19.5. The molecule has 0 aliphatic heterocycles. The van der Waals surface area contributed by atoms with Crippen LogP contribution in [-0.2, 0) is 9.53 Å². The van der Waals surface area contributed by atoms with E-state index in [-0.39, 0.29) is 35.9 Å². The van der Waals surface area contributed by atoms with Crippen LogP contribution < -0.4 is 10.1 Å². The number of benzene rings is 2. The summed E-state index contributed by atoms with van der Waals surface area (Å²) >= 11 is 5.87. The molecule has 0 bridgehead atoms. The highest BCUT2D eigenvalue weighted by Gasteiger charge is 2.15. The first-order valence-electron chi connectivity index (χ1n) is 7.91. The van der Waals surface area contributed by atoms with E-state index in [1.54, 1.807) is 37.3 Å². The van der Waals surface area contributed by atoms with E-state index in [2.05, 4.69) is 5.32 Å². The van der Waals surface area contributed by atoms with Crippen molar-refractivity contribution in [3.8, 4) is 5.75 Å². The molecule has 26 heavy (non-hydrogen) atoms. The van der Waals surface area contributed by atoms with Gasteiger partial charge in [-0.05, 0) is 44.2 Å². The van der Waals surface area contributed by atoms with Gasteiger partial charge in [0.05, 0.1) is 23.4 Å². The number of hydrogen-bond donors (Lipinski definition) is 1. The molecule has 1 amide bonds.